The maximum Gasteiger partial charge on any atom is 0.338 e. The second-order valence-corrected chi connectivity index (χ2v) is 7.33. The van der Waals surface area contributed by atoms with E-state index in [1.54, 1.807) is 0 Å². The van der Waals surface area contributed by atoms with Gasteiger partial charge in [-0.05, 0) is 55.5 Å². The van der Waals surface area contributed by atoms with Crippen molar-refractivity contribution < 1.29 is 23.9 Å². The van der Waals surface area contributed by atoms with E-state index in [-0.39, 0.29) is 5.56 Å². The van der Waals surface area contributed by atoms with E-state index < -0.39 is 24.5 Å². The third kappa shape index (κ3) is 4.21. The predicted molar refractivity (Wildman–Crippen MR) is 102 cm³/mol. The average Bonchev–Trinajstić information content (AvgIpc) is 3.08. The number of aryl methyl sites for hydroxylation is 1. The zero-order chi connectivity index (χ0) is 20.1. The number of nitriles is 1. The molecule has 0 atom stereocenters. The Labute approximate surface area is 165 Å². The molecule has 28 heavy (non-hydrogen) atoms. The third-order valence-electron chi connectivity index (χ3n) is 4.41. The van der Waals surface area contributed by atoms with Crippen LogP contribution in [0.2, 0.25) is 0 Å². The number of nitrogens with zero attached hydrogens (tertiary/aromatic N) is 1. The first kappa shape index (κ1) is 19.6. The molecule has 144 valence electrons. The summed E-state index contributed by atoms with van der Waals surface area (Å²) in [7, 11) is 1.27. The van der Waals surface area contributed by atoms with E-state index in [2.05, 4.69) is 16.1 Å². The van der Waals surface area contributed by atoms with Gasteiger partial charge in [0.15, 0.2) is 6.61 Å². The summed E-state index contributed by atoms with van der Waals surface area (Å²) in [5.74, 6) is -1.70. The van der Waals surface area contributed by atoms with Crippen LogP contribution in [0, 0.1) is 11.3 Å². The maximum absolute atomic E-state index is 12.2. The number of ether oxygens (including phenoxy) is 2. The minimum atomic E-state index is -0.683. The summed E-state index contributed by atoms with van der Waals surface area (Å²) in [5.41, 5.74) is 2.06. The fourth-order valence-electron chi connectivity index (χ4n) is 3.01. The number of hydrogen-bond acceptors (Lipinski definition) is 7. The minimum Gasteiger partial charge on any atom is -0.465 e. The molecular weight excluding hydrogens is 380 g/mol. The lowest BCUT2D eigenvalue weighted by Crippen LogP contribution is -2.21. The van der Waals surface area contributed by atoms with Crippen molar-refractivity contribution in [2.75, 3.05) is 19.0 Å². The number of carbonyl (C=O) groups excluding carboxylic acids is 3. The van der Waals surface area contributed by atoms with Crippen molar-refractivity contribution >= 4 is 34.2 Å². The van der Waals surface area contributed by atoms with Crippen molar-refractivity contribution in [3.63, 3.8) is 0 Å². The molecule has 1 N–H and O–H groups in total. The number of fused-ring (bicyclic) bond motifs is 1. The van der Waals surface area contributed by atoms with Gasteiger partial charge in [-0.15, -0.1) is 11.3 Å². The molecule has 0 spiro atoms. The summed E-state index contributed by atoms with van der Waals surface area (Å²) in [5, 5.41) is 12.6. The molecule has 7 nitrogen and oxygen atoms in total. The van der Waals surface area contributed by atoms with Crippen LogP contribution in [0.4, 0.5) is 5.00 Å². The normalized spacial score (nSPS) is 12.4. The fraction of sp³-hybridized carbons (Fsp3) is 0.300. The van der Waals surface area contributed by atoms with Crippen molar-refractivity contribution in [3.8, 4) is 6.07 Å². The lowest BCUT2D eigenvalue weighted by atomic mass is 9.96. The molecule has 0 bridgehead atoms. The molecule has 0 aliphatic heterocycles. The highest BCUT2D eigenvalue weighted by atomic mass is 32.1. The number of anilines is 1. The number of carbonyl (C=O) groups is 3. The molecule has 0 radical (unpaired) electrons. The highest BCUT2D eigenvalue weighted by Crippen LogP contribution is 2.37. The monoisotopic (exact) mass is 398 g/mol. The third-order valence-corrected chi connectivity index (χ3v) is 5.62. The van der Waals surface area contributed by atoms with Crippen LogP contribution < -0.4 is 5.32 Å². The number of rotatable bonds is 5. The van der Waals surface area contributed by atoms with Gasteiger partial charge in [0.2, 0.25) is 0 Å². The Kier molecular flexibility index (Phi) is 6.06. The molecule has 1 aliphatic carbocycles. The van der Waals surface area contributed by atoms with E-state index in [9.17, 15) is 19.6 Å². The molecule has 0 fully saturated rings. The second kappa shape index (κ2) is 8.67. The van der Waals surface area contributed by atoms with Gasteiger partial charge in [-0.25, -0.2) is 9.59 Å². The van der Waals surface area contributed by atoms with Crippen molar-refractivity contribution in [2.24, 2.45) is 0 Å². The highest BCUT2D eigenvalue weighted by molar-refractivity contribution is 7.16. The standard InChI is InChI=1S/C20H18N2O5S/c1-26-19(24)12-6-8-13(9-7-12)20(25)27-11-17(23)22-18-15(10-21)14-4-2-3-5-16(14)28-18/h6-9H,2-5,11H2,1H3,(H,22,23). The minimum absolute atomic E-state index is 0.213. The second-order valence-electron chi connectivity index (χ2n) is 6.22. The zero-order valence-electron chi connectivity index (χ0n) is 15.2. The van der Waals surface area contributed by atoms with E-state index in [0.717, 1.165) is 36.1 Å². The molecule has 2 aromatic rings. The van der Waals surface area contributed by atoms with Crippen molar-refractivity contribution in [1.82, 2.24) is 0 Å². The smallest absolute Gasteiger partial charge is 0.338 e. The summed E-state index contributed by atoms with van der Waals surface area (Å²) in [6.45, 7) is -0.467. The van der Waals surface area contributed by atoms with E-state index in [1.165, 1.54) is 42.7 Å². The number of hydrogen-bond donors (Lipinski definition) is 1. The van der Waals surface area contributed by atoms with Crippen LogP contribution in [-0.2, 0) is 27.1 Å². The Morgan fingerprint density at radius 1 is 1.11 bits per heavy atom. The summed E-state index contributed by atoms with van der Waals surface area (Å²) in [6.07, 6.45) is 3.89. The van der Waals surface area contributed by atoms with E-state index in [1.807, 2.05) is 0 Å². The molecule has 0 unspecified atom stereocenters. The average molecular weight is 398 g/mol. The quantitative estimate of drug-likeness (QED) is 0.776. The van der Waals surface area contributed by atoms with Crippen LogP contribution in [0.1, 0.15) is 49.6 Å². The van der Waals surface area contributed by atoms with Crippen LogP contribution in [0.15, 0.2) is 24.3 Å². The summed E-state index contributed by atoms with van der Waals surface area (Å²) in [4.78, 5) is 36.8. The largest absolute Gasteiger partial charge is 0.465 e. The van der Waals surface area contributed by atoms with Gasteiger partial charge >= 0.3 is 11.9 Å². The summed E-state index contributed by atoms with van der Waals surface area (Å²) >= 11 is 1.41. The van der Waals surface area contributed by atoms with Gasteiger partial charge in [-0.3, -0.25) is 4.79 Å². The Balaban J connectivity index is 1.59. The Morgan fingerprint density at radius 3 is 2.39 bits per heavy atom. The molecule has 3 rings (SSSR count). The molecule has 1 heterocycles. The van der Waals surface area contributed by atoms with Crippen molar-refractivity contribution in [1.29, 1.82) is 5.26 Å². The number of methoxy groups -OCH3 is 1. The first-order valence-corrected chi connectivity index (χ1v) is 9.55. The molecule has 1 amide bonds. The topological polar surface area (TPSA) is 105 Å². The Morgan fingerprint density at radius 2 is 1.75 bits per heavy atom. The van der Waals surface area contributed by atoms with Crippen LogP contribution in [0.3, 0.4) is 0 Å². The molecule has 1 aromatic carbocycles. The first-order chi connectivity index (χ1) is 13.5. The van der Waals surface area contributed by atoms with Crippen LogP contribution in [0.5, 0.6) is 0 Å². The van der Waals surface area contributed by atoms with Crippen LogP contribution in [0.25, 0.3) is 0 Å². The van der Waals surface area contributed by atoms with Gasteiger partial charge in [0.1, 0.15) is 11.1 Å². The van der Waals surface area contributed by atoms with Crippen LogP contribution >= 0.6 is 11.3 Å². The molecule has 0 saturated heterocycles. The molecule has 1 aromatic heterocycles. The summed E-state index contributed by atoms with van der Waals surface area (Å²) in [6, 6.07) is 7.90. The van der Waals surface area contributed by atoms with Crippen molar-refractivity contribution in [2.45, 2.75) is 25.7 Å². The number of nitrogens with one attached hydrogen (secondary N) is 1. The van der Waals surface area contributed by atoms with Gasteiger partial charge in [0.25, 0.3) is 5.91 Å². The maximum atomic E-state index is 12.2. The lowest BCUT2D eigenvalue weighted by molar-refractivity contribution is -0.119. The Hall–Kier alpha value is -3.18. The van der Waals surface area contributed by atoms with E-state index in [4.69, 9.17) is 4.74 Å². The summed E-state index contributed by atoms with van der Waals surface area (Å²) < 4.78 is 9.61. The van der Waals surface area contributed by atoms with E-state index in [0.29, 0.717) is 16.1 Å². The Bertz CT molecular complexity index is 956. The van der Waals surface area contributed by atoms with Crippen molar-refractivity contribution in [3.05, 3.63) is 51.4 Å². The number of amides is 1. The van der Waals surface area contributed by atoms with Gasteiger partial charge < -0.3 is 14.8 Å². The highest BCUT2D eigenvalue weighted by Gasteiger charge is 2.22. The van der Waals surface area contributed by atoms with Gasteiger partial charge in [-0.1, -0.05) is 0 Å². The van der Waals surface area contributed by atoms with E-state index >= 15 is 0 Å². The van der Waals surface area contributed by atoms with Gasteiger partial charge in [0.05, 0.1) is 23.8 Å². The fourth-order valence-corrected chi connectivity index (χ4v) is 4.27. The molecular formula is C20H18N2O5S. The lowest BCUT2D eigenvalue weighted by Gasteiger charge is -2.09. The van der Waals surface area contributed by atoms with Crippen LogP contribution in [-0.4, -0.2) is 31.6 Å². The van der Waals surface area contributed by atoms with Gasteiger partial charge in [0, 0.05) is 4.88 Å². The zero-order valence-corrected chi connectivity index (χ0v) is 16.1. The number of esters is 2. The first-order valence-electron chi connectivity index (χ1n) is 8.73. The predicted octanol–water partition coefficient (Wildman–Crippen LogP) is 3.08. The number of thiophene rings is 1. The molecule has 8 heteroatoms. The SMILES string of the molecule is COC(=O)c1ccc(C(=O)OCC(=O)Nc2sc3c(c2C#N)CCCC3)cc1. The van der Waals surface area contributed by atoms with Gasteiger partial charge in [-0.2, -0.15) is 5.26 Å². The number of benzene rings is 1. The molecule has 0 saturated carbocycles. The molecule has 1 aliphatic rings.